The Kier molecular flexibility index (Phi) is 7.97. The van der Waals surface area contributed by atoms with Crippen molar-refractivity contribution in [3.8, 4) is 0 Å². The SMILES string of the molecule is CN(C)c1ccc([C@@H](CNC(=O)C(=O)NCc2ccc(F)cc2)[NH+]2CCOCC2)cc1. The van der Waals surface area contributed by atoms with E-state index in [-0.39, 0.29) is 18.4 Å². The fraction of sp³-hybridized carbons (Fsp3) is 0.391. The van der Waals surface area contributed by atoms with E-state index < -0.39 is 11.8 Å². The predicted octanol–water partition coefficient (Wildman–Crippen LogP) is 0.281. The van der Waals surface area contributed by atoms with Gasteiger partial charge in [0.15, 0.2) is 0 Å². The number of benzene rings is 2. The number of hydrogen-bond donors (Lipinski definition) is 3. The van der Waals surface area contributed by atoms with Crippen LogP contribution in [-0.4, -0.2) is 58.8 Å². The summed E-state index contributed by atoms with van der Waals surface area (Å²) < 4.78 is 18.5. The summed E-state index contributed by atoms with van der Waals surface area (Å²) >= 11 is 0. The molecule has 1 aliphatic heterocycles. The lowest BCUT2D eigenvalue weighted by molar-refractivity contribution is -0.937. The van der Waals surface area contributed by atoms with E-state index in [0.29, 0.717) is 19.8 Å². The molecular formula is C23H30FN4O3+. The average Bonchev–Trinajstić information content (AvgIpc) is 2.79. The van der Waals surface area contributed by atoms with E-state index in [1.54, 1.807) is 12.1 Å². The number of ether oxygens (including phenoxy) is 1. The molecule has 0 saturated carbocycles. The first-order valence-electron chi connectivity index (χ1n) is 10.4. The van der Waals surface area contributed by atoms with E-state index in [4.69, 9.17) is 4.74 Å². The van der Waals surface area contributed by atoms with Crippen molar-refractivity contribution in [1.82, 2.24) is 10.6 Å². The van der Waals surface area contributed by atoms with Gasteiger partial charge in [-0.3, -0.25) is 9.59 Å². The van der Waals surface area contributed by atoms with Crippen molar-refractivity contribution >= 4 is 17.5 Å². The molecule has 0 bridgehead atoms. The third-order valence-corrected chi connectivity index (χ3v) is 5.48. The summed E-state index contributed by atoms with van der Waals surface area (Å²) in [7, 11) is 3.98. The number of amides is 2. The van der Waals surface area contributed by atoms with Crippen molar-refractivity contribution in [2.45, 2.75) is 12.6 Å². The zero-order valence-corrected chi connectivity index (χ0v) is 18.0. The van der Waals surface area contributed by atoms with Gasteiger partial charge >= 0.3 is 11.8 Å². The number of quaternary nitrogens is 1. The maximum Gasteiger partial charge on any atom is 0.309 e. The first-order chi connectivity index (χ1) is 14.9. The van der Waals surface area contributed by atoms with Gasteiger partial charge in [-0.2, -0.15) is 0 Å². The number of rotatable bonds is 7. The minimum absolute atomic E-state index is 0.0222. The average molecular weight is 430 g/mol. The van der Waals surface area contributed by atoms with E-state index in [1.165, 1.54) is 17.0 Å². The molecule has 3 N–H and O–H groups in total. The minimum Gasteiger partial charge on any atom is -0.378 e. The molecule has 0 spiro atoms. The van der Waals surface area contributed by atoms with Gasteiger partial charge in [0.25, 0.3) is 0 Å². The number of nitrogens with zero attached hydrogens (tertiary/aromatic N) is 1. The lowest BCUT2D eigenvalue weighted by Crippen LogP contribution is -3.15. The topological polar surface area (TPSA) is 75.1 Å². The third-order valence-electron chi connectivity index (χ3n) is 5.48. The lowest BCUT2D eigenvalue weighted by atomic mass is 10.0. The molecule has 8 heteroatoms. The largest absolute Gasteiger partial charge is 0.378 e. The zero-order chi connectivity index (χ0) is 22.2. The van der Waals surface area contributed by atoms with E-state index in [0.717, 1.165) is 29.9 Å². The lowest BCUT2D eigenvalue weighted by Gasteiger charge is -2.32. The van der Waals surface area contributed by atoms with Crippen LogP contribution in [0.15, 0.2) is 48.5 Å². The van der Waals surface area contributed by atoms with E-state index in [1.807, 2.05) is 19.0 Å². The fourth-order valence-corrected chi connectivity index (χ4v) is 3.62. The monoisotopic (exact) mass is 429 g/mol. The standard InChI is InChI=1S/C23H29FN4O3/c1-27(2)20-9-5-18(6-10-20)21(28-11-13-31-14-12-28)16-26-23(30)22(29)25-15-17-3-7-19(24)8-4-17/h3-10,21H,11-16H2,1-2H3,(H,25,29)(H,26,30)/p+1/t21-/m1/s1. The van der Waals surface area contributed by atoms with E-state index in [2.05, 4.69) is 34.9 Å². The fourth-order valence-electron chi connectivity index (χ4n) is 3.62. The molecular weight excluding hydrogens is 399 g/mol. The first kappa shape index (κ1) is 22.7. The van der Waals surface area contributed by atoms with Gasteiger partial charge in [-0.05, 0) is 29.8 Å². The molecule has 0 radical (unpaired) electrons. The normalized spacial score (nSPS) is 15.2. The van der Waals surface area contributed by atoms with Crippen LogP contribution < -0.4 is 20.4 Å². The highest BCUT2D eigenvalue weighted by atomic mass is 19.1. The van der Waals surface area contributed by atoms with Crippen LogP contribution in [0.3, 0.4) is 0 Å². The molecule has 1 aliphatic rings. The van der Waals surface area contributed by atoms with Crippen molar-refractivity contribution in [3.05, 3.63) is 65.5 Å². The third kappa shape index (κ3) is 6.50. The molecule has 31 heavy (non-hydrogen) atoms. The van der Waals surface area contributed by atoms with Crippen molar-refractivity contribution in [3.63, 3.8) is 0 Å². The van der Waals surface area contributed by atoms with Gasteiger partial charge in [0.2, 0.25) is 0 Å². The van der Waals surface area contributed by atoms with Crippen LogP contribution in [-0.2, 0) is 20.9 Å². The van der Waals surface area contributed by atoms with E-state index in [9.17, 15) is 14.0 Å². The van der Waals surface area contributed by atoms with Crippen LogP contribution in [0, 0.1) is 5.82 Å². The maximum absolute atomic E-state index is 13.0. The summed E-state index contributed by atoms with van der Waals surface area (Å²) in [5, 5.41) is 5.35. The molecule has 7 nitrogen and oxygen atoms in total. The smallest absolute Gasteiger partial charge is 0.309 e. The molecule has 3 rings (SSSR count). The number of hydrogen-bond acceptors (Lipinski definition) is 4. The molecule has 0 aromatic heterocycles. The minimum atomic E-state index is -0.706. The Labute approximate surface area is 182 Å². The molecule has 0 unspecified atom stereocenters. The molecule has 1 heterocycles. The summed E-state index contributed by atoms with van der Waals surface area (Å²) in [5.74, 6) is -1.73. The predicted molar refractivity (Wildman–Crippen MR) is 116 cm³/mol. The van der Waals surface area contributed by atoms with Crippen LogP contribution in [0.2, 0.25) is 0 Å². The summed E-state index contributed by atoms with van der Waals surface area (Å²) in [6.07, 6.45) is 0. The Morgan fingerprint density at radius 2 is 1.61 bits per heavy atom. The Morgan fingerprint density at radius 1 is 1.00 bits per heavy atom. The maximum atomic E-state index is 13.0. The molecule has 2 aromatic carbocycles. The second kappa shape index (κ2) is 10.9. The molecule has 1 atom stereocenters. The van der Waals surface area contributed by atoms with Crippen LogP contribution in [0.5, 0.6) is 0 Å². The van der Waals surface area contributed by atoms with Crippen molar-refractivity contribution < 1.29 is 23.6 Å². The van der Waals surface area contributed by atoms with Gasteiger partial charge in [0.1, 0.15) is 24.9 Å². The second-order valence-corrected chi connectivity index (χ2v) is 7.83. The van der Waals surface area contributed by atoms with Crippen LogP contribution in [0.25, 0.3) is 0 Å². The van der Waals surface area contributed by atoms with Gasteiger partial charge in [0.05, 0.1) is 19.8 Å². The highest BCUT2D eigenvalue weighted by Gasteiger charge is 2.27. The molecule has 1 fully saturated rings. The Hall–Kier alpha value is -2.97. The summed E-state index contributed by atoms with van der Waals surface area (Å²) in [4.78, 5) is 27.9. The molecule has 0 aliphatic carbocycles. The summed E-state index contributed by atoms with van der Waals surface area (Å²) in [5.41, 5.74) is 2.93. The Morgan fingerprint density at radius 3 is 2.23 bits per heavy atom. The summed E-state index contributed by atoms with van der Waals surface area (Å²) in [6, 6.07) is 14.1. The van der Waals surface area contributed by atoms with Crippen LogP contribution in [0.1, 0.15) is 17.2 Å². The van der Waals surface area contributed by atoms with Gasteiger partial charge in [0, 0.05) is 31.9 Å². The van der Waals surface area contributed by atoms with Gasteiger partial charge in [-0.15, -0.1) is 0 Å². The van der Waals surface area contributed by atoms with Crippen molar-refractivity contribution in [2.24, 2.45) is 0 Å². The molecule has 1 saturated heterocycles. The van der Waals surface area contributed by atoms with Crippen LogP contribution in [0.4, 0.5) is 10.1 Å². The van der Waals surface area contributed by atoms with Crippen molar-refractivity contribution in [1.29, 1.82) is 0 Å². The number of carbonyl (C=O) groups excluding carboxylic acids is 2. The van der Waals surface area contributed by atoms with Crippen LogP contribution >= 0.6 is 0 Å². The number of morpholine rings is 1. The Balaban J connectivity index is 1.60. The quantitative estimate of drug-likeness (QED) is 0.553. The summed E-state index contributed by atoms with van der Waals surface area (Å²) in [6.45, 7) is 3.54. The van der Waals surface area contributed by atoms with Gasteiger partial charge in [-0.25, -0.2) is 4.39 Å². The Bertz CT molecular complexity index is 865. The number of halogens is 1. The van der Waals surface area contributed by atoms with E-state index >= 15 is 0 Å². The second-order valence-electron chi connectivity index (χ2n) is 7.83. The highest BCUT2D eigenvalue weighted by molar-refractivity contribution is 6.35. The van der Waals surface area contributed by atoms with Gasteiger partial charge in [-0.1, -0.05) is 24.3 Å². The molecule has 166 valence electrons. The number of carbonyl (C=O) groups is 2. The van der Waals surface area contributed by atoms with Gasteiger partial charge < -0.3 is 25.2 Å². The highest BCUT2D eigenvalue weighted by Crippen LogP contribution is 2.16. The first-order valence-corrected chi connectivity index (χ1v) is 10.4. The molecule has 2 amide bonds. The number of anilines is 1. The zero-order valence-electron chi connectivity index (χ0n) is 18.0. The number of nitrogens with one attached hydrogen (secondary N) is 3. The van der Waals surface area contributed by atoms with Crippen molar-refractivity contribution in [2.75, 3.05) is 51.8 Å². The molecule has 2 aromatic rings.